The van der Waals surface area contributed by atoms with Crippen molar-refractivity contribution in [1.82, 2.24) is 4.98 Å². The summed E-state index contributed by atoms with van der Waals surface area (Å²) in [5.74, 6) is 0.733. The molecule has 1 fully saturated rings. The SMILES string of the molecule is NC1(Cc2nc3ccc(Cl)cc3o2)CCCCC1. The van der Waals surface area contributed by atoms with Crippen molar-refractivity contribution < 1.29 is 4.42 Å². The van der Waals surface area contributed by atoms with Crippen molar-refractivity contribution in [3.63, 3.8) is 0 Å². The van der Waals surface area contributed by atoms with Gasteiger partial charge in [-0.2, -0.15) is 0 Å². The van der Waals surface area contributed by atoms with E-state index in [1.54, 1.807) is 6.07 Å². The Morgan fingerprint density at radius 2 is 2.06 bits per heavy atom. The molecule has 0 amide bonds. The van der Waals surface area contributed by atoms with Crippen molar-refractivity contribution in [2.75, 3.05) is 0 Å². The van der Waals surface area contributed by atoms with Crippen LogP contribution in [-0.2, 0) is 6.42 Å². The highest BCUT2D eigenvalue weighted by molar-refractivity contribution is 6.31. The van der Waals surface area contributed by atoms with Crippen LogP contribution >= 0.6 is 11.6 Å². The largest absolute Gasteiger partial charge is 0.441 e. The van der Waals surface area contributed by atoms with E-state index in [0.717, 1.165) is 36.3 Å². The molecule has 96 valence electrons. The molecular formula is C14H17ClN2O. The second-order valence-corrected chi connectivity index (χ2v) is 5.76. The third kappa shape index (κ3) is 2.38. The van der Waals surface area contributed by atoms with Crippen molar-refractivity contribution in [1.29, 1.82) is 0 Å². The number of oxazole rings is 1. The van der Waals surface area contributed by atoms with E-state index in [2.05, 4.69) is 4.98 Å². The highest BCUT2D eigenvalue weighted by Gasteiger charge is 2.29. The average Bonchev–Trinajstić information content (AvgIpc) is 2.70. The second-order valence-electron chi connectivity index (χ2n) is 5.32. The Bertz CT molecular complexity index is 558. The van der Waals surface area contributed by atoms with E-state index in [4.69, 9.17) is 21.8 Å². The molecule has 0 radical (unpaired) electrons. The van der Waals surface area contributed by atoms with Crippen LogP contribution in [0.3, 0.4) is 0 Å². The van der Waals surface area contributed by atoms with Crippen molar-refractivity contribution in [3.05, 3.63) is 29.1 Å². The molecule has 0 bridgehead atoms. The Hall–Kier alpha value is -1.06. The summed E-state index contributed by atoms with van der Waals surface area (Å²) in [6.07, 6.45) is 6.56. The Kier molecular flexibility index (Phi) is 3.04. The van der Waals surface area contributed by atoms with Crippen LogP contribution in [0.25, 0.3) is 11.1 Å². The maximum Gasteiger partial charge on any atom is 0.197 e. The van der Waals surface area contributed by atoms with Crippen LogP contribution in [0, 0.1) is 0 Å². The lowest BCUT2D eigenvalue weighted by atomic mass is 9.80. The molecule has 0 unspecified atom stereocenters. The van der Waals surface area contributed by atoms with Crippen LogP contribution < -0.4 is 5.73 Å². The average molecular weight is 265 g/mol. The maximum absolute atomic E-state index is 6.42. The highest BCUT2D eigenvalue weighted by atomic mass is 35.5. The van der Waals surface area contributed by atoms with E-state index in [-0.39, 0.29) is 5.54 Å². The van der Waals surface area contributed by atoms with Gasteiger partial charge < -0.3 is 10.2 Å². The molecule has 2 aromatic rings. The zero-order valence-electron chi connectivity index (χ0n) is 10.3. The first-order valence-electron chi connectivity index (χ1n) is 6.49. The summed E-state index contributed by atoms with van der Waals surface area (Å²) in [6, 6.07) is 5.52. The van der Waals surface area contributed by atoms with Crippen LogP contribution in [0.15, 0.2) is 22.6 Å². The smallest absolute Gasteiger partial charge is 0.197 e. The standard InChI is InChI=1S/C14H17ClN2O/c15-10-4-5-11-12(8-10)18-13(17-11)9-14(16)6-2-1-3-7-14/h4-5,8H,1-3,6-7,9,16H2. The Morgan fingerprint density at radius 1 is 1.28 bits per heavy atom. The fraction of sp³-hybridized carbons (Fsp3) is 0.500. The van der Waals surface area contributed by atoms with Gasteiger partial charge in [0.15, 0.2) is 11.5 Å². The van der Waals surface area contributed by atoms with E-state index < -0.39 is 0 Å². The molecule has 3 rings (SSSR count). The third-order valence-corrected chi connectivity index (χ3v) is 3.98. The van der Waals surface area contributed by atoms with Gasteiger partial charge in [-0.05, 0) is 25.0 Å². The molecule has 1 aliphatic carbocycles. The molecular weight excluding hydrogens is 248 g/mol. The minimum Gasteiger partial charge on any atom is -0.441 e. The first kappa shape index (κ1) is 12.0. The van der Waals surface area contributed by atoms with Crippen molar-refractivity contribution in [3.8, 4) is 0 Å². The number of rotatable bonds is 2. The molecule has 0 saturated heterocycles. The number of nitrogens with zero attached hydrogens (tertiary/aromatic N) is 1. The van der Waals surface area contributed by atoms with Gasteiger partial charge in [-0.25, -0.2) is 4.98 Å². The zero-order chi connectivity index (χ0) is 12.6. The predicted octanol–water partition coefficient (Wildman–Crippen LogP) is 3.69. The maximum atomic E-state index is 6.42. The highest BCUT2D eigenvalue weighted by Crippen LogP contribution is 2.30. The molecule has 1 aromatic carbocycles. The quantitative estimate of drug-likeness (QED) is 0.900. The van der Waals surface area contributed by atoms with Crippen LogP contribution in [0.4, 0.5) is 0 Å². The molecule has 3 nitrogen and oxygen atoms in total. The van der Waals surface area contributed by atoms with Gasteiger partial charge in [0.05, 0.1) is 0 Å². The lowest BCUT2D eigenvalue weighted by molar-refractivity contribution is 0.276. The molecule has 4 heteroatoms. The van der Waals surface area contributed by atoms with Gasteiger partial charge in [0.2, 0.25) is 0 Å². The topological polar surface area (TPSA) is 52.0 Å². The third-order valence-electron chi connectivity index (χ3n) is 3.75. The van der Waals surface area contributed by atoms with E-state index >= 15 is 0 Å². The van der Waals surface area contributed by atoms with Crippen molar-refractivity contribution in [2.24, 2.45) is 5.73 Å². The summed E-state index contributed by atoms with van der Waals surface area (Å²) in [5, 5.41) is 0.672. The summed E-state index contributed by atoms with van der Waals surface area (Å²) in [4.78, 5) is 4.49. The lowest BCUT2D eigenvalue weighted by Crippen LogP contribution is -2.43. The van der Waals surface area contributed by atoms with Gasteiger partial charge in [-0.3, -0.25) is 0 Å². The van der Waals surface area contributed by atoms with Gasteiger partial charge in [0, 0.05) is 23.0 Å². The molecule has 1 aliphatic rings. The minimum atomic E-state index is -0.136. The monoisotopic (exact) mass is 264 g/mol. The van der Waals surface area contributed by atoms with Gasteiger partial charge in [0.1, 0.15) is 5.52 Å². The molecule has 1 heterocycles. The fourth-order valence-electron chi connectivity index (χ4n) is 2.76. The summed E-state index contributed by atoms with van der Waals surface area (Å²) in [6.45, 7) is 0. The molecule has 2 N–H and O–H groups in total. The molecule has 1 saturated carbocycles. The first-order chi connectivity index (χ1) is 8.65. The van der Waals surface area contributed by atoms with E-state index in [9.17, 15) is 0 Å². The van der Waals surface area contributed by atoms with Gasteiger partial charge in [0.25, 0.3) is 0 Å². The fourth-order valence-corrected chi connectivity index (χ4v) is 2.92. The van der Waals surface area contributed by atoms with Gasteiger partial charge in [-0.15, -0.1) is 0 Å². The summed E-state index contributed by atoms with van der Waals surface area (Å²) < 4.78 is 5.74. The Morgan fingerprint density at radius 3 is 2.83 bits per heavy atom. The van der Waals surface area contributed by atoms with E-state index in [1.165, 1.54) is 19.3 Å². The number of nitrogens with two attached hydrogens (primary N) is 1. The predicted molar refractivity (Wildman–Crippen MR) is 72.7 cm³/mol. The Balaban J connectivity index is 1.86. The lowest BCUT2D eigenvalue weighted by Gasteiger charge is -2.32. The zero-order valence-corrected chi connectivity index (χ0v) is 11.0. The number of halogens is 1. The van der Waals surface area contributed by atoms with Crippen LogP contribution in [0.2, 0.25) is 5.02 Å². The van der Waals surface area contributed by atoms with Crippen LogP contribution in [-0.4, -0.2) is 10.5 Å². The van der Waals surface area contributed by atoms with Crippen molar-refractivity contribution in [2.45, 2.75) is 44.1 Å². The van der Waals surface area contributed by atoms with E-state index in [0.29, 0.717) is 5.02 Å². The van der Waals surface area contributed by atoms with Gasteiger partial charge >= 0.3 is 0 Å². The number of benzene rings is 1. The number of fused-ring (bicyclic) bond motifs is 1. The molecule has 18 heavy (non-hydrogen) atoms. The molecule has 0 aliphatic heterocycles. The normalized spacial score (nSPS) is 19.2. The van der Waals surface area contributed by atoms with Crippen LogP contribution in [0.5, 0.6) is 0 Å². The molecule has 0 spiro atoms. The molecule has 1 aromatic heterocycles. The summed E-state index contributed by atoms with van der Waals surface area (Å²) >= 11 is 5.93. The molecule has 0 atom stereocenters. The van der Waals surface area contributed by atoms with Gasteiger partial charge in [-0.1, -0.05) is 30.9 Å². The van der Waals surface area contributed by atoms with Crippen molar-refractivity contribution >= 4 is 22.7 Å². The number of aromatic nitrogens is 1. The summed E-state index contributed by atoms with van der Waals surface area (Å²) in [7, 11) is 0. The minimum absolute atomic E-state index is 0.136. The summed E-state index contributed by atoms with van der Waals surface area (Å²) in [5.41, 5.74) is 7.88. The Labute approximate surface area is 111 Å². The number of hydrogen-bond acceptors (Lipinski definition) is 3. The first-order valence-corrected chi connectivity index (χ1v) is 6.86. The van der Waals surface area contributed by atoms with E-state index in [1.807, 2.05) is 12.1 Å². The second kappa shape index (κ2) is 4.56. The number of hydrogen-bond donors (Lipinski definition) is 1. The van der Waals surface area contributed by atoms with Crippen LogP contribution in [0.1, 0.15) is 38.0 Å².